The van der Waals surface area contributed by atoms with Crippen molar-refractivity contribution in [3.05, 3.63) is 17.5 Å². The van der Waals surface area contributed by atoms with Crippen molar-refractivity contribution in [2.75, 3.05) is 23.9 Å². The van der Waals surface area contributed by atoms with E-state index in [0.717, 1.165) is 9.90 Å². The van der Waals surface area contributed by atoms with E-state index < -0.39 is 0 Å². The van der Waals surface area contributed by atoms with Crippen molar-refractivity contribution in [3.8, 4) is 6.07 Å². The molecule has 3 N–H and O–H groups in total. The molecule has 3 nitrogen and oxygen atoms in total. The van der Waals surface area contributed by atoms with Crippen LogP contribution in [0.5, 0.6) is 0 Å². The molecule has 5 heteroatoms. The summed E-state index contributed by atoms with van der Waals surface area (Å²) in [7, 11) is 0. The zero-order chi connectivity index (χ0) is 10.6. The van der Waals surface area contributed by atoms with Gasteiger partial charge in [0.25, 0.3) is 0 Å². The Kier molecular flexibility index (Phi) is 3.86. The number of nitriles is 1. The minimum absolute atomic E-state index is 0.570. The first-order chi connectivity index (χ1) is 6.74. The third kappa shape index (κ3) is 2.03. The van der Waals surface area contributed by atoms with Gasteiger partial charge in [-0.3, -0.25) is 0 Å². The van der Waals surface area contributed by atoms with E-state index in [-0.39, 0.29) is 0 Å². The number of thioether (sulfide) groups is 1. The first-order valence-electron chi connectivity index (χ1n) is 3.95. The van der Waals surface area contributed by atoms with Gasteiger partial charge in [-0.15, -0.1) is 29.7 Å². The van der Waals surface area contributed by atoms with E-state index in [4.69, 9.17) is 11.0 Å². The van der Waals surface area contributed by atoms with Crippen LogP contribution in [0.15, 0.2) is 17.6 Å². The van der Waals surface area contributed by atoms with E-state index in [9.17, 15) is 0 Å². The molecule has 0 aliphatic rings. The fourth-order valence-electron chi connectivity index (χ4n) is 0.996. The summed E-state index contributed by atoms with van der Waals surface area (Å²) in [5.74, 6) is 0. The average Bonchev–Trinajstić information content (AvgIpc) is 2.51. The molecule has 0 bridgehead atoms. The number of hydrogen-bond donors (Lipinski definition) is 2. The summed E-state index contributed by atoms with van der Waals surface area (Å²) in [5, 5.41) is 12.9. The number of nitrogen functional groups attached to an aromatic ring is 1. The smallest absolute Gasteiger partial charge is 0.131 e. The summed E-state index contributed by atoms with van der Waals surface area (Å²) in [5.41, 5.74) is 6.38. The highest BCUT2D eigenvalue weighted by Gasteiger charge is 2.13. The van der Waals surface area contributed by atoms with Gasteiger partial charge in [0.15, 0.2) is 0 Å². The number of nitrogens with one attached hydrogen (secondary N) is 1. The summed E-state index contributed by atoms with van der Waals surface area (Å²) in [6.07, 6.45) is 3.71. The summed E-state index contributed by atoms with van der Waals surface area (Å²) in [6, 6.07) is 2.08. The molecular formula is C9H11N3S2. The third-order valence-electron chi connectivity index (χ3n) is 1.61. The molecule has 0 unspecified atom stereocenters. The first kappa shape index (κ1) is 11.0. The van der Waals surface area contributed by atoms with Crippen molar-refractivity contribution in [1.82, 2.24) is 0 Å². The van der Waals surface area contributed by atoms with Gasteiger partial charge in [-0.05, 0) is 6.26 Å². The second-order valence-corrected chi connectivity index (χ2v) is 4.33. The van der Waals surface area contributed by atoms with Gasteiger partial charge in [0, 0.05) is 6.54 Å². The van der Waals surface area contributed by atoms with E-state index in [1.165, 1.54) is 11.3 Å². The summed E-state index contributed by atoms with van der Waals surface area (Å²) < 4.78 is 0. The van der Waals surface area contributed by atoms with Crippen molar-refractivity contribution >= 4 is 33.8 Å². The van der Waals surface area contributed by atoms with Gasteiger partial charge in [0.2, 0.25) is 0 Å². The molecule has 74 valence electrons. The molecule has 0 aliphatic carbocycles. The van der Waals surface area contributed by atoms with Crippen molar-refractivity contribution in [3.63, 3.8) is 0 Å². The summed E-state index contributed by atoms with van der Waals surface area (Å²) >= 11 is 2.93. The minimum atomic E-state index is 0.570. The molecular weight excluding hydrogens is 214 g/mol. The van der Waals surface area contributed by atoms with Gasteiger partial charge in [0.05, 0.1) is 10.6 Å². The van der Waals surface area contributed by atoms with Crippen LogP contribution in [-0.4, -0.2) is 12.8 Å². The van der Waals surface area contributed by atoms with E-state index in [2.05, 4.69) is 18.0 Å². The zero-order valence-electron chi connectivity index (χ0n) is 7.83. The summed E-state index contributed by atoms with van der Waals surface area (Å²) in [4.78, 5) is 1.52. The predicted octanol–water partition coefficient (Wildman–Crippen LogP) is 2.52. The highest BCUT2D eigenvalue weighted by molar-refractivity contribution is 7.99. The number of anilines is 2. The monoisotopic (exact) mass is 225 g/mol. The highest BCUT2D eigenvalue weighted by Crippen LogP contribution is 2.40. The van der Waals surface area contributed by atoms with E-state index in [1.54, 1.807) is 17.8 Å². The minimum Gasteiger partial charge on any atom is -0.396 e. The molecule has 0 radical (unpaired) electrons. The standard InChI is InChI=1S/C9H11N3S2/c1-3-4-12-9-8(13-2)7(11)6(5-10)14-9/h3,12H,1,4,11H2,2H3. The molecule has 0 atom stereocenters. The Morgan fingerprint density at radius 3 is 3.00 bits per heavy atom. The normalized spacial score (nSPS) is 9.43. The van der Waals surface area contributed by atoms with Crippen LogP contribution in [0, 0.1) is 11.3 Å². The molecule has 0 aliphatic heterocycles. The highest BCUT2D eigenvalue weighted by atomic mass is 32.2. The molecule has 1 aromatic heterocycles. The Morgan fingerprint density at radius 2 is 2.50 bits per heavy atom. The van der Waals surface area contributed by atoms with Gasteiger partial charge in [0.1, 0.15) is 15.9 Å². The van der Waals surface area contributed by atoms with E-state index in [1.807, 2.05) is 6.26 Å². The predicted molar refractivity (Wildman–Crippen MR) is 63.9 cm³/mol. The number of nitrogens with zero attached hydrogens (tertiary/aromatic N) is 1. The second kappa shape index (κ2) is 4.94. The molecule has 1 rings (SSSR count). The van der Waals surface area contributed by atoms with Crippen molar-refractivity contribution < 1.29 is 0 Å². The molecule has 0 amide bonds. The number of rotatable bonds is 4. The third-order valence-corrected chi connectivity index (χ3v) is 3.64. The number of hydrogen-bond acceptors (Lipinski definition) is 5. The number of nitrogens with two attached hydrogens (primary N) is 1. The lowest BCUT2D eigenvalue weighted by Crippen LogP contribution is -1.96. The fraction of sp³-hybridized carbons (Fsp3) is 0.222. The van der Waals surface area contributed by atoms with Gasteiger partial charge in [-0.2, -0.15) is 5.26 Å². The number of thiophene rings is 1. The SMILES string of the molecule is C=CCNc1sc(C#N)c(N)c1SC. The Morgan fingerprint density at radius 1 is 1.79 bits per heavy atom. The first-order valence-corrected chi connectivity index (χ1v) is 5.99. The largest absolute Gasteiger partial charge is 0.396 e. The molecule has 0 saturated carbocycles. The maximum absolute atomic E-state index is 8.80. The van der Waals surface area contributed by atoms with Crippen LogP contribution in [0.4, 0.5) is 10.7 Å². The van der Waals surface area contributed by atoms with Gasteiger partial charge in [-0.1, -0.05) is 6.08 Å². The van der Waals surface area contributed by atoms with Crippen LogP contribution >= 0.6 is 23.1 Å². The van der Waals surface area contributed by atoms with E-state index >= 15 is 0 Å². The van der Waals surface area contributed by atoms with Crippen LogP contribution in [0.2, 0.25) is 0 Å². The Hall–Kier alpha value is -1.12. The van der Waals surface area contributed by atoms with Crippen molar-refractivity contribution in [2.45, 2.75) is 4.90 Å². The Labute approximate surface area is 91.6 Å². The molecule has 0 spiro atoms. The lowest BCUT2D eigenvalue weighted by Gasteiger charge is -2.02. The van der Waals surface area contributed by atoms with Crippen LogP contribution in [0.1, 0.15) is 4.88 Å². The zero-order valence-corrected chi connectivity index (χ0v) is 9.47. The molecule has 1 heterocycles. The van der Waals surface area contributed by atoms with Gasteiger partial charge < -0.3 is 11.1 Å². The Balaban J connectivity index is 3.04. The van der Waals surface area contributed by atoms with Crippen molar-refractivity contribution in [1.29, 1.82) is 5.26 Å². The lowest BCUT2D eigenvalue weighted by atomic mass is 10.4. The summed E-state index contributed by atoms with van der Waals surface area (Å²) in [6.45, 7) is 4.30. The van der Waals surface area contributed by atoms with Crippen LogP contribution in [-0.2, 0) is 0 Å². The molecule has 1 aromatic rings. The maximum Gasteiger partial charge on any atom is 0.131 e. The van der Waals surface area contributed by atoms with Gasteiger partial charge in [-0.25, -0.2) is 0 Å². The van der Waals surface area contributed by atoms with Crippen LogP contribution in [0.25, 0.3) is 0 Å². The quantitative estimate of drug-likeness (QED) is 0.610. The lowest BCUT2D eigenvalue weighted by molar-refractivity contribution is 1.33. The fourth-order valence-corrected chi connectivity index (χ4v) is 2.83. The van der Waals surface area contributed by atoms with Crippen molar-refractivity contribution in [2.24, 2.45) is 0 Å². The molecule has 0 fully saturated rings. The van der Waals surface area contributed by atoms with Crippen LogP contribution < -0.4 is 11.1 Å². The molecule has 0 aromatic carbocycles. The Bertz CT molecular complexity index is 376. The average molecular weight is 225 g/mol. The maximum atomic E-state index is 8.80. The molecule has 14 heavy (non-hydrogen) atoms. The van der Waals surface area contributed by atoms with E-state index in [0.29, 0.717) is 17.1 Å². The topological polar surface area (TPSA) is 61.8 Å². The van der Waals surface area contributed by atoms with Crippen LogP contribution in [0.3, 0.4) is 0 Å². The second-order valence-electron chi connectivity index (χ2n) is 2.49. The molecule has 0 saturated heterocycles. The van der Waals surface area contributed by atoms with Gasteiger partial charge >= 0.3 is 0 Å².